The van der Waals surface area contributed by atoms with Gasteiger partial charge in [0.05, 0.1) is 30.5 Å². The molecule has 0 bridgehead atoms. The lowest BCUT2D eigenvalue weighted by molar-refractivity contribution is -0.136. The van der Waals surface area contributed by atoms with Gasteiger partial charge in [-0.2, -0.15) is 0 Å². The number of likely N-dealkylation sites (tertiary alicyclic amines) is 2. The summed E-state index contributed by atoms with van der Waals surface area (Å²) in [6, 6.07) is 9.49. The van der Waals surface area contributed by atoms with Gasteiger partial charge in [0.15, 0.2) is 0 Å². The summed E-state index contributed by atoms with van der Waals surface area (Å²) in [5.41, 5.74) is 0.935. The van der Waals surface area contributed by atoms with Crippen molar-refractivity contribution in [2.75, 3.05) is 13.1 Å². The van der Waals surface area contributed by atoms with E-state index in [1.165, 1.54) is 0 Å². The van der Waals surface area contributed by atoms with Gasteiger partial charge in [-0.15, -0.1) is 0 Å². The molecule has 6 heteroatoms. The molecule has 4 rings (SSSR count). The monoisotopic (exact) mass is 339 g/mol. The molecule has 2 aliphatic heterocycles. The van der Waals surface area contributed by atoms with Gasteiger partial charge < -0.3 is 14.2 Å². The van der Waals surface area contributed by atoms with Crippen LogP contribution in [0.4, 0.5) is 0 Å². The van der Waals surface area contributed by atoms with Gasteiger partial charge in [0.2, 0.25) is 11.8 Å². The molecule has 4 heterocycles. The number of pyridine rings is 1. The van der Waals surface area contributed by atoms with Gasteiger partial charge in [-0.3, -0.25) is 14.6 Å². The Morgan fingerprint density at radius 2 is 2.20 bits per heavy atom. The minimum absolute atomic E-state index is 0.0170. The number of carbonyl (C=O) groups is 2. The van der Waals surface area contributed by atoms with Crippen LogP contribution in [0.25, 0.3) is 0 Å². The second-order valence-electron chi connectivity index (χ2n) is 6.70. The number of carbonyl (C=O) groups excluding carboxylic acids is 2. The van der Waals surface area contributed by atoms with Crippen molar-refractivity contribution in [3.8, 4) is 0 Å². The zero-order valence-corrected chi connectivity index (χ0v) is 14.0. The summed E-state index contributed by atoms with van der Waals surface area (Å²) in [6.07, 6.45) is 5.55. The largest absolute Gasteiger partial charge is 0.467 e. The summed E-state index contributed by atoms with van der Waals surface area (Å²) in [4.78, 5) is 33.3. The van der Waals surface area contributed by atoms with Crippen LogP contribution in [0.2, 0.25) is 0 Å². The van der Waals surface area contributed by atoms with E-state index in [1.54, 1.807) is 23.4 Å². The summed E-state index contributed by atoms with van der Waals surface area (Å²) < 4.78 is 5.32. The van der Waals surface area contributed by atoms with Crippen LogP contribution in [0.1, 0.15) is 36.8 Å². The Kier molecular flexibility index (Phi) is 4.26. The molecular formula is C19H21N3O3. The number of furan rings is 1. The molecule has 2 aromatic heterocycles. The lowest BCUT2D eigenvalue weighted by Crippen LogP contribution is -2.37. The summed E-state index contributed by atoms with van der Waals surface area (Å²) in [5, 5.41) is 0. The van der Waals surface area contributed by atoms with Crippen LogP contribution in [-0.2, 0) is 16.1 Å². The van der Waals surface area contributed by atoms with Gasteiger partial charge in [0, 0.05) is 25.7 Å². The van der Waals surface area contributed by atoms with E-state index >= 15 is 0 Å². The lowest BCUT2D eigenvalue weighted by atomic mass is 10.1. The fourth-order valence-electron chi connectivity index (χ4n) is 3.83. The van der Waals surface area contributed by atoms with E-state index in [1.807, 2.05) is 29.2 Å². The number of nitrogens with zero attached hydrogens (tertiary/aromatic N) is 3. The van der Waals surface area contributed by atoms with E-state index in [-0.39, 0.29) is 30.2 Å². The zero-order valence-electron chi connectivity index (χ0n) is 14.0. The summed E-state index contributed by atoms with van der Waals surface area (Å²) in [6.45, 7) is 1.63. The van der Waals surface area contributed by atoms with Crippen LogP contribution in [-0.4, -0.2) is 39.7 Å². The van der Waals surface area contributed by atoms with Crippen molar-refractivity contribution in [2.24, 2.45) is 5.92 Å². The van der Waals surface area contributed by atoms with E-state index in [0.717, 1.165) is 30.8 Å². The Hall–Kier alpha value is -2.63. The maximum Gasteiger partial charge on any atom is 0.228 e. The molecule has 2 unspecified atom stereocenters. The van der Waals surface area contributed by atoms with Crippen LogP contribution < -0.4 is 0 Å². The first-order chi connectivity index (χ1) is 12.2. The molecule has 2 aromatic rings. The average molecular weight is 339 g/mol. The fraction of sp³-hybridized carbons (Fsp3) is 0.421. The van der Waals surface area contributed by atoms with Crippen LogP contribution in [0.5, 0.6) is 0 Å². The van der Waals surface area contributed by atoms with Gasteiger partial charge in [-0.25, -0.2) is 0 Å². The molecule has 0 spiro atoms. The smallest absolute Gasteiger partial charge is 0.228 e. The third-order valence-corrected chi connectivity index (χ3v) is 5.06. The highest BCUT2D eigenvalue weighted by atomic mass is 16.3. The Bertz CT molecular complexity index is 745. The molecule has 0 N–H and O–H groups in total. The second kappa shape index (κ2) is 6.70. The predicted molar refractivity (Wildman–Crippen MR) is 90.2 cm³/mol. The van der Waals surface area contributed by atoms with E-state index in [2.05, 4.69) is 4.98 Å². The van der Waals surface area contributed by atoms with Crippen molar-refractivity contribution >= 4 is 11.8 Å². The van der Waals surface area contributed by atoms with Crippen LogP contribution >= 0.6 is 0 Å². The van der Waals surface area contributed by atoms with E-state index in [9.17, 15) is 9.59 Å². The van der Waals surface area contributed by atoms with E-state index in [4.69, 9.17) is 4.42 Å². The molecule has 2 atom stereocenters. The third kappa shape index (κ3) is 3.16. The maximum absolute atomic E-state index is 13.0. The molecular weight excluding hydrogens is 318 g/mol. The molecule has 2 amide bonds. The molecule has 0 saturated carbocycles. The minimum atomic E-state index is -0.272. The van der Waals surface area contributed by atoms with Gasteiger partial charge in [0.25, 0.3) is 0 Å². The Morgan fingerprint density at radius 1 is 1.28 bits per heavy atom. The molecule has 0 aromatic carbocycles. The lowest BCUT2D eigenvalue weighted by Gasteiger charge is -2.27. The van der Waals surface area contributed by atoms with Gasteiger partial charge >= 0.3 is 0 Å². The highest BCUT2D eigenvalue weighted by Crippen LogP contribution is 2.33. The molecule has 25 heavy (non-hydrogen) atoms. The summed E-state index contributed by atoms with van der Waals surface area (Å²) in [7, 11) is 0. The molecule has 2 saturated heterocycles. The highest BCUT2D eigenvalue weighted by molar-refractivity contribution is 5.89. The van der Waals surface area contributed by atoms with E-state index in [0.29, 0.717) is 13.1 Å². The quantitative estimate of drug-likeness (QED) is 0.858. The van der Waals surface area contributed by atoms with Gasteiger partial charge in [-0.05, 0) is 37.1 Å². The predicted octanol–water partition coefficient (Wildman–Crippen LogP) is 2.39. The second-order valence-corrected chi connectivity index (χ2v) is 6.70. The topological polar surface area (TPSA) is 66.7 Å². The van der Waals surface area contributed by atoms with Gasteiger partial charge in [0.1, 0.15) is 5.76 Å². The van der Waals surface area contributed by atoms with Gasteiger partial charge in [-0.1, -0.05) is 6.07 Å². The Labute approximate surface area is 146 Å². The summed E-state index contributed by atoms with van der Waals surface area (Å²) in [5.74, 6) is 0.563. The van der Waals surface area contributed by atoms with Crippen molar-refractivity contribution in [2.45, 2.75) is 31.8 Å². The van der Waals surface area contributed by atoms with Crippen LogP contribution in [0.15, 0.2) is 47.2 Å². The number of hydrogen-bond donors (Lipinski definition) is 0. The molecule has 6 nitrogen and oxygen atoms in total. The fourth-order valence-corrected chi connectivity index (χ4v) is 3.83. The van der Waals surface area contributed by atoms with Crippen molar-refractivity contribution in [3.05, 3.63) is 54.2 Å². The zero-order chi connectivity index (χ0) is 17.2. The molecule has 130 valence electrons. The number of aromatic nitrogens is 1. The van der Waals surface area contributed by atoms with Crippen LogP contribution in [0.3, 0.4) is 0 Å². The first-order valence-electron chi connectivity index (χ1n) is 8.74. The molecule has 2 aliphatic rings. The highest BCUT2D eigenvalue weighted by Gasteiger charge is 2.40. The van der Waals surface area contributed by atoms with Crippen molar-refractivity contribution < 1.29 is 14.0 Å². The number of rotatable bonds is 4. The maximum atomic E-state index is 13.0. The van der Waals surface area contributed by atoms with E-state index < -0.39 is 0 Å². The molecule has 0 aliphatic carbocycles. The first-order valence-corrected chi connectivity index (χ1v) is 8.74. The SMILES string of the molecule is O=C1CC(C(=O)N2CCCC2c2ccccn2)CN1Cc1ccco1. The first kappa shape index (κ1) is 15.9. The van der Waals surface area contributed by atoms with Crippen molar-refractivity contribution in [1.29, 1.82) is 0 Å². The molecule has 0 radical (unpaired) electrons. The number of amides is 2. The van der Waals surface area contributed by atoms with Crippen LogP contribution in [0, 0.1) is 5.92 Å². The average Bonchev–Trinajstić information content (AvgIpc) is 3.37. The summed E-state index contributed by atoms with van der Waals surface area (Å²) >= 11 is 0. The van der Waals surface area contributed by atoms with Crippen molar-refractivity contribution in [3.63, 3.8) is 0 Å². The Balaban J connectivity index is 1.45. The third-order valence-electron chi connectivity index (χ3n) is 5.06. The normalized spacial score (nSPS) is 23.4. The standard InChI is InChI=1S/C19H21N3O3/c23-18-11-14(12-21(18)13-15-5-4-10-25-15)19(24)22-9-3-7-17(22)16-6-1-2-8-20-16/h1-2,4-6,8,10,14,17H,3,7,9,11-13H2. The minimum Gasteiger partial charge on any atom is -0.467 e. The molecule has 2 fully saturated rings. The Morgan fingerprint density at radius 3 is 2.96 bits per heavy atom. The van der Waals surface area contributed by atoms with Crippen molar-refractivity contribution in [1.82, 2.24) is 14.8 Å². The number of hydrogen-bond acceptors (Lipinski definition) is 4.